The second-order valence-electron chi connectivity index (χ2n) is 5.51. The van der Waals surface area contributed by atoms with Crippen molar-refractivity contribution in [3.05, 3.63) is 0 Å². The fourth-order valence-corrected chi connectivity index (χ4v) is 3.55. The van der Waals surface area contributed by atoms with Gasteiger partial charge in [0.1, 0.15) is 9.84 Å². The van der Waals surface area contributed by atoms with Crippen molar-refractivity contribution in [2.24, 2.45) is 4.99 Å². The van der Waals surface area contributed by atoms with E-state index in [1.807, 2.05) is 18.7 Å². The summed E-state index contributed by atoms with van der Waals surface area (Å²) in [5.41, 5.74) is 0. The van der Waals surface area contributed by atoms with Gasteiger partial charge in [0.25, 0.3) is 0 Å². The lowest BCUT2D eigenvalue weighted by Gasteiger charge is -2.17. The lowest BCUT2D eigenvalue weighted by molar-refractivity contribution is 0.157. The molecule has 8 heteroatoms. The number of thioether (sulfide) groups is 1. The number of nitrogens with zero attached hydrogens (tertiary/aromatic N) is 1. The summed E-state index contributed by atoms with van der Waals surface area (Å²) in [5, 5.41) is 7.46. The molecule has 2 unspecified atom stereocenters. The first kappa shape index (κ1) is 19.6. The molecule has 1 fully saturated rings. The quantitative estimate of drug-likeness (QED) is 0.365. The van der Waals surface area contributed by atoms with Gasteiger partial charge < -0.3 is 15.4 Å². The molecule has 0 amide bonds. The molecule has 0 spiro atoms. The van der Waals surface area contributed by atoms with Gasteiger partial charge in [-0.05, 0) is 32.4 Å². The molecule has 6 nitrogen and oxygen atoms in total. The summed E-state index contributed by atoms with van der Waals surface area (Å²) in [6.45, 7) is 4.05. The first-order valence-electron chi connectivity index (χ1n) is 7.77. The zero-order valence-electron chi connectivity index (χ0n) is 13.8. The Balaban J connectivity index is 2.27. The van der Waals surface area contributed by atoms with E-state index in [1.54, 1.807) is 0 Å². The maximum absolute atomic E-state index is 11.0. The summed E-state index contributed by atoms with van der Waals surface area (Å²) in [6.07, 6.45) is 7.00. The fourth-order valence-electron chi connectivity index (χ4n) is 2.33. The molecule has 0 bridgehead atoms. The van der Waals surface area contributed by atoms with Gasteiger partial charge in [-0.1, -0.05) is 0 Å². The van der Waals surface area contributed by atoms with Crippen molar-refractivity contribution in [1.29, 1.82) is 0 Å². The molecule has 0 aromatic heterocycles. The van der Waals surface area contributed by atoms with E-state index in [9.17, 15) is 8.42 Å². The molecule has 22 heavy (non-hydrogen) atoms. The Kier molecular flexibility index (Phi) is 9.19. The van der Waals surface area contributed by atoms with E-state index >= 15 is 0 Å². The SMILES string of the molecule is CCNC(=NCCOCCS(C)(=O)=O)NC1CCC(SC)C1. The molecule has 1 aliphatic carbocycles. The Hall–Kier alpha value is -0.470. The third kappa shape index (κ3) is 8.85. The summed E-state index contributed by atoms with van der Waals surface area (Å²) in [7, 11) is -2.95. The molecule has 2 N–H and O–H groups in total. The summed E-state index contributed by atoms with van der Waals surface area (Å²) < 4.78 is 27.2. The number of hydrogen-bond donors (Lipinski definition) is 2. The van der Waals surface area contributed by atoms with Gasteiger partial charge in [0, 0.05) is 24.1 Å². The standard InChI is InChI=1S/C14H29N3O3S2/c1-4-15-14(17-12-5-6-13(11-12)21-2)16-7-8-20-9-10-22(3,18)19/h12-13H,4-11H2,1-3H3,(H2,15,16,17). The molecule has 1 aliphatic rings. The first-order valence-corrected chi connectivity index (χ1v) is 11.1. The minimum absolute atomic E-state index is 0.0627. The number of nitrogens with one attached hydrogen (secondary N) is 2. The molecule has 0 saturated heterocycles. The number of guanidine groups is 1. The summed E-state index contributed by atoms with van der Waals surface area (Å²) in [5.74, 6) is 0.883. The Labute approximate surface area is 138 Å². The number of ether oxygens (including phenoxy) is 1. The molecule has 0 aromatic rings. The predicted molar refractivity (Wildman–Crippen MR) is 94.6 cm³/mol. The molecule has 2 atom stereocenters. The second-order valence-corrected chi connectivity index (χ2v) is 8.91. The number of hydrogen-bond acceptors (Lipinski definition) is 5. The molecule has 0 aliphatic heterocycles. The molecule has 130 valence electrons. The van der Waals surface area contributed by atoms with Gasteiger partial charge in [0.05, 0.1) is 25.5 Å². The zero-order chi connectivity index (χ0) is 16.4. The minimum Gasteiger partial charge on any atom is -0.378 e. The van der Waals surface area contributed by atoms with Gasteiger partial charge >= 0.3 is 0 Å². The Morgan fingerprint density at radius 1 is 1.36 bits per heavy atom. The first-order chi connectivity index (χ1) is 10.4. The van der Waals surface area contributed by atoms with Gasteiger partial charge in [0.2, 0.25) is 0 Å². The van der Waals surface area contributed by atoms with E-state index < -0.39 is 9.84 Å². The van der Waals surface area contributed by atoms with Crippen molar-refractivity contribution in [2.45, 2.75) is 37.5 Å². The van der Waals surface area contributed by atoms with Crippen LogP contribution in [-0.2, 0) is 14.6 Å². The average Bonchev–Trinajstić information content (AvgIpc) is 2.89. The zero-order valence-corrected chi connectivity index (χ0v) is 15.4. The molecule has 1 saturated carbocycles. The van der Waals surface area contributed by atoms with Crippen LogP contribution in [0.5, 0.6) is 0 Å². The number of sulfone groups is 1. The molecule has 0 aromatic carbocycles. The van der Waals surface area contributed by atoms with Gasteiger partial charge in [-0.15, -0.1) is 0 Å². The third-order valence-corrected chi connectivity index (χ3v) is 5.51. The normalized spacial score (nSPS) is 22.8. The van der Waals surface area contributed by atoms with Crippen LogP contribution in [-0.4, -0.2) is 70.2 Å². The molecule has 0 heterocycles. The Morgan fingerprint density at radius 2 is 2.14 bits per heavy atom. The third-order valence-electron chi connectivity index (χ3n) is 3.51. The monoisotopic (exact) mass is 351 g/mol. The maximum Gasteiger partial charge on any atom is 0.191 e. The van der Waals surface area contributed by atoms with Gasteiger partial charge in [0.15, 0.2) is 5.96 Å². The van der Waals surface area contributed by atoms with E-state index in [1.165, 1.54) is 25.5 Å². The Bertz CT molecular complexity index is 441. The van der Waals surface area contributed by atoms with Crippen LogP contribution in [0.15, 0.2) is 4.99 Å². The van der Waals surface area contributed by atoms with Gasteiger partial charge in [-0.3, -0.25) is 4.99 Å². The van der Waals surface area contributed by atoms with E-state index in [0.717, 1.165) is 17.8 Å². The molecule has 0 radical (unpaired) electrons. The van der Waals surface area contributed by atoms with Crippen LogP contribution in [0.4, 0.5) is 0 Å². The van der Waals surface area contributed by atoms with Crippen LogP contribution >= 0.6 is 11.8 Å². The maximum atomic E-state index is 11.0. The summed E-state index contributed by atoms with van der Waals surface area (Å²) in [4.78, 5) is 4.47. The van der Waals surface area contributed by atoms with E-state index in [0.29, 0.717) is 19.2 Å². The van der Waals surface area contributed by atoms with Crippen LogP contribution < -0.4 is 10.6 Å². The summed E-state index contributed by atoms with van der Waals surface area (Å²) in [6, 6.07) is 0.487. The number of rotatable bonds is 9. The van der Waals surface area contributed by atoms with Crippen molar-refractivity contribution < 1.29 is 13.2 Å². The predicted octanol–water partition coefficient (Wildman–Crippen LogP) is 0.887. The highest BCUT2D eigenvalue weighted by Gasteiger charge is 2.24. The van der Waals surface area contributed by atoms with Crippen molar-refractivity contribution in [1.82, 2.24) is 10.6 Å². The second kappa shape index (κ2) is 10.3. The highest BCUT2D eigenvalue weighted by atomic mass is 32.2. The van der Waals surface area contributed by atoms with Crippen molar-refractivity contribution in [3.8, 4) is 0 Å². The highest BCUT2D eigenvalue weighted by molar-refractivity contribution is 7.99. The van der Waals surface area contributed by atoms with Crippen molar-refractivity contribution in [3.63, 3.8) is 0 Å². The van der Waals surface area contributed by atoms with Gasteiger partial charge in [-0.25, -0.2) is 8.42 Å². The molecule has 1 rings (SSSR count). The van der Waals surface area contributed by atoms with E-state index in [-0.39, 0.29) is 12.4 Å². The Morgan fingerprint density at radius 3 is 2.73 bits per heavy atom. The van der Waals surface area contributed by atoms with E-state index in [2.05, 4.69) is 21.9 Å². The smallest absolute Gasteiger partial charge is 0.191 e. The van der Waals surface area contributed by atoms with E-state index in [4.69, 9.17) is 4.74 Å². The van der Waals surface area contributed by atoms with Gasteiger partial charge in [-0.2, -0.15) is 11.8 Å². The lowest BCUT2D eigenvalue weighted by atomic mass is 10.2. The van der Waals surface area contributed by atoms with Crippen LogP contribution in [0.1, 0.15) is 26.2 Å². The largest absolute Gasteiger partial charge is 0.378 e. The molecular weight excluding hydrogens is 322 g/mol. The average molecular weight is 352 g/mol. The van der Waals surface area contributed by atoms with Crippen molar-refractivity contribution >= 4 is 27.6 Å². The fraction of sp³-hybridized carbons (Fsp3) is 0.929. The highest BCUT2D eigenvalue weighted by Crippen LogP contribution is 2.27. The summed E-state index contributed by atoms with van der Waals surface area (Å²) >= 11 is 1.94. The van der Waals surface area contributed by atoms with Crippen LogP contribution in [0.25, 0.3) is 0 Å². The lowest BCUT2D eigenvalue weighted by Crippen LogP contribution is -2.42. The minimum atomic E-state index is -2.95. The van der Waals surface area contributed by atoms with Crippen LogP contribution in [0.2, 0.25) is 0 Å². The number of aliphatic imine (C=N–C) groups is 1. The van der Waals surface area contributed by atoms with Crippen molar-refractivity contribution in [2.75, 3.05) is 44.6 Å². The molecular formula is C14H29N3O3S2. The van der Waals surface area contributed by atoms with Crippen LogP contribution in [0.3, 0.4) is 0 Å². The van der Waals surface area contributed by atoms with Crippen LogP contribution in [0, 0.1) is 0 Å². The topological polar surface area (TPSA) is 79.8 Å².